The zero-order valence-electron chi connectivity index (χ0n) is 12.3. The van der Waals surface area contributed by atoms with Crippen LogP contribution in [-0.4, -0.2) is 28.9 Å². The lowest BCUT2D eigenvalue weighted by atomic mass is 10.2. The van der Waals surface area contributed by atoms with Crippen LogP contribution in [0, 0.1) is 0 Å². The maximum Gasteiger partial charge on any atom is 0.316 e. The number of rotatable bonds is 10. The number of benzene rings is 1. The van der Waals surface area contributed by atoms with E-state index in [-0.39, 0.29) is 12.4 Å². The summed E-state index contributed by atoms with van der Waals surface area (Å²) >= 11 is 1.32. The Morgan fingerprint density at radius 2 is 1.95 bits per heavy atom. The number of thioether (sulfide) groups is 1. The molecule has 5 heteroatoms. The van der Waals surface area contributed by atoms with E-state index in [1.807, 2.05) is 37.3 Å². The van der Waals surface area contributed by atoms with E-state index < -0.39 is 11.2 Å². The van der Waals surface area contributed by atoms with Crippen LogP contribution in [-0.2, 0) is 14.3 Å². The zero-order chi connectivity index (χ0) is 15.5. The molecule has 0 fully saturated rings. The predicted molar refractivity (Wildman–Crippen MR) is 83.4 cm³/mol. The maximum atomic E-state index is 11.5. The van der Waals surface area contributed by atoms with Crippen LogP contribution in [0.5, 0.6) is 0 Å². The summed E-state index contributed by atoms with van der Waals surface area (Å²) in [7, 11) is 0. The number of unbranched alkanes of at least 4 members (excludes halogenated alkanes) is 1. The molecule has 1 N–H and O–H groups in total. The first kappa shape index (κ1) is 17.6. The van der Waals surface area contributed by atoms with Gasteiger partial charge in [-0.05, 0) is 31.4 Å². The highest BCUT2D eigenvalue weighted by molar-refractivity contribution is 8.00. The lowest BCUT2D eigenvalue weighted by molar-refractivity contribution is -0.144. The third kappa shape index (κ3) is 7.75. The second kappa shape index (κ2) is 10.3. The van der Waals surface area contributed by atoms with Gasteiger partial charge in [0.2, 0.25) is 0 Å². The molecule has 0 radical (unpaired) electrons. The molecule has 1 atom stereocenters. The monoisotopic (exact) mass is 310 g/mol. The number of carboxylic acids is 1. The molecule has 1 aromatic rings. The lowest BCUT2D eigenvalue weighted by Gasteiger charge is -2.11. The first-order valence-electron chi connectivity index (χ1n) is 7.23. The van der Waals surface area contributed by atoms with Crippen LogP contribution < -0.4 is 0 Å². The Balaban J connectivity index is 2.32. The van der Waals surface area contributed by atoms with Gasteiger partial charge in [0, 0.05) is 11.3 Å². The van der Waals surface area contributed by atoms with E-state index in [1.54, 1.807) is 0 Å². The summed E-state index contributed by atoms with van der Waals surface area (Å²) in [5.74, 6) is -1.08. The highest BCUT2D eigenvalue weighted by Crippen LogP contribution is 2.26. The number of esters is 1. The van der Waals surface area contributed by atoms with Gasteiger partial charge in [-0.15, -0.1) is 11.8 Å². The van der Waals surface area contributed by atoms with Gasteiger partial charge in [0.25, 0.3) is 0 Å². The highest BCUT2D eigenvalue weighted by atomic mass is 32.2. The quantitative estimate of drug-likeness (QED) is 0.405. The normalized spacial score (nSPS) is 11.9. The van der Waals surface area contributed by atoms with Crippen LogP contribution in [0.4, 0.5) is 0 Å². The molecule has 4 nitrogen and oxygen atoms in total. The van der Waals surface area contributed by atoms with Crippen LogP contribution in [0.25, 0.3) is 0 Å². The summed E-state index contributed by atoms with van der Waals surface area (Å²) < 4.78 is 5.05. The summed E-state index contributed by atoms with van der Waals surface area (Å²) in [6.07, 6.45) is 3.12. The first-order valence-corrected chi connectivity index (χ1v) is 8.11. The van der Waals surface area contributed by atoms with E-state index in [4.69, 9.17) is 4.74 Å². The molecule has 0 bridgehead atoms. The number of carboxylic acid groups (broad SMARTS) is 1. The Bertz CT molecular complexity index is 433. The Hall–Kier alpha value is -1.49. The number of hydrogen-bond donors (Lipinski definition) is 1. The van der Waals surface area contributed by atoms with Crippen molar-refractivity contribution < 1.29 is 19.4 Å². The van der Waals surface area contributed by atoms with Crippen molar-refractivity contribution in [1.29, 1.82) is 0 Å². The third-order valence-corrected chi connectivity index (χ3v) is 4.17. The number of aliphatic carboxylic acids is 1. The van der Waals surface area contributed by atoms with Crippen LogP contribution >= 0.6 is 11.8 Å². The molecule has 0 aliphatic heterocycles. The Labute approximate surface area is 129 Å². The van der Waals surface area contributed by atoms with Gasteiger partial charge < -0.3 is 9.84 Å². The van der Waals surface area contributed by atoms with Crippen molar-refractivity contribution in [2.75, 3.05) is 6.61 Å². The molecule has 116 valence electrons. The molecule has 0 spiro atoms. The van der Waals surface area contributed by atoms with Crippen molar-refractivity contribution in [3.63, 3.8) is 0 Å². The summed E-state index contributed by atoms with van der Waals surface area (Å²) in [6.45, 7) is 2.49. The molecule has 1 unspecified atom stereocenters. The summed E-state index contributed by atoms with van der Waals surface area (Å²) in [4.78, 5) is 23.6. The molecular formula is C16H22O4S. The largest absolute Gasteiger partial charge is 0.480 e. The van der Waals surface area contributed by atoms with E-state index in [9.17, 15) is 14.7 Å². The zero-order valence-corrected chi connectivity index (χ0v) is 13.1. The number of ether oxygens (including phenoxy) is 1. The van der Waals surface area contributed by atoms with Gasteiger partial charge in [-0.1, -0.05) is 31.5 Å². The van der Waals surface area contributed by atoms with Crippen LogP contribution in [0.3, 0.4) is 0 Å². The van der Waals surface area contributed by atoms with Crippen molar-refractivity contribution in [2.45, 2.75) is 49.2 Å². The fourth-order valence-corrected chi connectivity index (χ4v) is 2.76. The fraction of sp³-hybridized carbons (Fsp3) is 0.500. The minimum Gasteiger partial charge on any atom is -0.480 e. The average molecular weight is 310 g/mol. The van der Waals surface area contributed by atoms with Gasteiger partial charge in [-0.2, -0.15) is 0 Å². The van der Waals surface area contributed by atoms with E-state index >= 15 is 0 Å². The fourth-order valence-electron chi connectivity index (χ4n) is 1.73. The number of carbonyl (C=O) groups excluding carboxylic acids is 1. The first-order chi connectivity index (χ1) is 10.1. The smallest absolute Gasteiger partial charge is 0.316 e. The second-order valence-electron chi connectivity index (χ2n) is 4.72. The highest BCUT2D eigenvalue weighted by Gasteiger charge is 2.19. The topological polar surface area (TPSA) is 63.6 Å². The predicted octanol–water partition coefficient (Wildman–Crippen LogP) is 3.75. The molecule has 0 saturated carbocycles. The molecule has 0 aliphatic rings. The molecule has 0 aromatic heterocycles. The standard InChI is InChI=1S/C16H22O4S/c1-2-3-12-20-15(17)11-7-10-14(16(18)19)21-13-8-5-4-6-9-13/h4-6,8-9,14H,2-3,7,10-12H2,1H3,(H,18,19). The Morgan fingerprint density at radius 1 is 1.24 bits per heavy atom. The minimum atomic E-state index is -0.844. The molecule has 0 amide bonds. The van der Waals surface area contributed by atoms with Crippen molar-refractivity contribution in [2.24, 2.45) is 0 Å². The van der Waals surface area contributed by atoms with Crippen LogP contribution in [0.2, 0.25) is 0 Å². The van der Waals surface area contributed by atoms with Gasteiger partial charge in [-0.25, -0.2) is 0 Å². The van der Waals surface area contributed by atoms with Crippen molar-refractivity contribution in [3.05, 3.63) is 30.3 Å². The van der Waals surface area contributed by atoms with Gasteiger partial charge in [0.1, 0.15) is 5.25 Å². The second-order valence-corrected chi connectivity index (χ2v) is 6.00. The van der Waals surface area contributed by atoms with Gasteiger partial charge >= 0.3 is 11.9 Å². The van der Waals surface area contributed by atoms with Gasteiger partial charge in [-0.3, -0.25) is 9.59 Å². The van der Waals surface area contributed by atoms with E-state index in [1.165, 1.54) is 11.8 Å². The van der Waals surface area contributed by atoms with Crippen molar-refractivity contribution in [1.82, 2.24) is 0 Å². The average Bonchev–Trinajstić information content (AvgIpc) is 2.47. The molecular weight excluding hydrogens is 288 g/mol. The van der Waals surface area contributed by atoms with Gasteiger partial charge in [0.05, 0.1) is 6.61 Å². The summed E-state index contributed by atoms with van der Waals surface area (Å²) in [5.41, 5.74) is 0. The molecule has 0 heterocycles. The summed E-state index contributed by atoms with van der Waals surface area (Å²) in [6, 6.07) is 9.43. The third-order valence-electron chi connectivity index (χ3n) is 2.91. The minimum absolute atomic E-state index is 0.239. The summed E-state index contributed by atoms with van der Waals surface area (Å²) in [5, 5.41) is 8.70. The van der Waals surface area contributed by atoms with Crippen molar-refractivity contribution >= 4 is 23.7 Å². The Morgan fingerprint density at radius 3 is 2.57 bits per heavy atom. The van der Waals surface area contributed by atoms with Gasteiger partial charge in [0.15, 0.2) is 0 Å². The van der Waals surface area contributed by atoms with Crippen molar-refractivity contribution in [3.8, 4) is 0 Å². The number of carbonyl (C=O) groups is 2. The molecule has 0 aliphatic carbocycles. The molecule has 21 heavy (non-hydrogen) atoms. The van der Waals surface area contributed by atoms with E-state index in [2.05, 4.69) is 0 Å². The van der Waals surface area contributed by atoms with E-state index in [0.29, 0.717) is 19.4 Å². The molecule has 1 rings (SSSR count). The maximum absolute atomic E-state index is 11.5. The molecule has 1 aromatic carbocycles. The lowest BCUT2D eigenvalue weighted by Crippen LogP contribution is -2.17. The SMILES string of the molecule is CCCCOC(=O)CCCC(Sc1ccccc1)C(=O)O. The van der Waals surface area contributed by atoms with Crippen LogP contribution in [0.1, 0.15) is 39.0 Å². The number of hydrogen-bond acceptors (Lipinski definition) is 4. The van der Waals surface area contributed by atoms with Crippen LogP contribution in [0.15, 0.2) is 35.2 Å². The van der Waals surface area contributed by atoms with E-state index in [0.717, 1.165) is 17.7 Å². The Kier molecular flexibility index (Phi) is 8.59. The molecule has 0 saturated heterocycles.